The van der Waals surface area contributed by atoms with E-state index in [1.54, 1.807) is 6.07 Å². The van der Waals surface area contributed by atoms with Crippen molar-refractivity contribution in [3.8, 4) is 28.1 Å². The topological polar surface area (TPSA) is 74.7 Å². The van der Waals surface area contributed by atoms with Crippen LogP contribution >= 0.6 is 0 Å². The Kier molecular flexibility index (Phi) is 7.82. The summed E-state index contributed by atoms with van der Waals surface area (Å²) in [4.78, 5) is 29.6. The van der Waals surface area contributed by atoms with Crippen LogP contribution in [0.4, 0.5) is 4.39 Å². The molecule has 0 saturated heterocycles. The largest absolute Gasteiger partial charge is 0.493 e. The summed E-state index contributed by atoms with van der Waals surface area (Å²) in [6, 6.07) is 20.1. The van der Waals surface area contributed by atoms with Crippen molar-refractivity contribution < 1.29 is 28.2 Å². The van der Waals surface area contributed by atoms with Crippen molar-refractivity contribution in [1.82, 2.24) is 4.98 Å². The second kappa shape index (κ2) is 11.2. The molecule has 0 spiro atoms. The average molecular weight is 502 g/mol. The molecule has 4 aromatic rings. The molecule has 0 N–H and O–H groups in total. The van der Waals surface area contributed by atoms with Crippen LogP contribution in [-0.4, -0.2) is 37.7 Å². The number of aromatic nitrogens is 1. The molecule has 0 fully saturated rings. The Labute approximate surface area is 215 Å². The maximum absolute atomic E-state index is 14.2. The summed E-state index contributed by atoms with van der Waals surface area (Å²) in [5, 5.41) is 0.529. The zero-order chi connectivity index (χ0) is 26.5. The molecular weight excluding hydrogens is 473 g/mol. The van der Waals surface area contributed by atoms with E-state index in [0.717, 1.165) is 28.0 Å². The molecular formula is C30H28FNO5. The van der Waals surface area contributed by atoms with Gasteiger partial charge in [-0.25, -0.2) is 9.37 Å². The molecule has 0 aliphatic rings. The number of para-hydroxylation sites is 1. The lowest BCUT2D eigenvalue weighted by molar-refractivity contribution is -0.158. The van der Waals surface area contributed by atoms with E-state index < -0.39 is 23.7 Å². The van der Waals surface area contributed by atoms with Crippen LogP contribution < -0.4 is 4.74 Å². The molecule has 0 aliphatic carbocycles. The maximum atomic E-state index is 14.2. The van der Waals surface area contributed by atoms with Gasteiger partial charge in [-0.1, -0.05) is 42.5 Å². The van der Waals surface area contributed by atoms with Crippen molar-refractivity contribution in [3.63, 3.8) is 0 Å². The zero-order valence-corrected chi connectivity index (χ0v) is 21.2. The number of benzene rings is 3. The highest BCUT2D eigenvalue weighted by atomic mass is 19.1. The van der Waals surface area contributed by atoms with Crippen LogP contribution in [-0.2, 0) is 25.5 Å². The molecule has 0 aliphatic heterocycles. The summed E-state index contributed by atoms with van der Waals surface area (Å²) in [5.41, 5.74) is 5.41. The van der Waals surface area contributed by atoms with Gasteiger partial charge < -0.3 is 14.2 Å². The van der Waals surface area contributed by atoms with Crippen LogP contribution in [0.2, 0.25) is 0 Å². The third kappa shape index (κ3) is 5.31. The van der Waals surface area contributed by atoms with Crippen LogP contribution in [0.3, 0.4) is 0 Å². The summed E-state index contributed by atoms with van der Waals surface area (Å²) >= 11 is 0. The van der Waals surface area contributed by atoms with Gasteiger partial charge in [0.2, 0.25) is 0 Å². The molecule has 0 bridgehead atoms. The smallest absolute Gasteiger partial charge is 0.320 e. The second-order valence-electron chi connectivity index (χ2n) is 8.53. The van der Waals surface area contributed by atoms with Crippen molar-refractivity contribution in [2.75, 3.05) is 20.8 Å². The molecule has 190 valence electrons. The number of nitrogens with zero attached hydrogens (tertiary/aromatic N) is 1. The third-order valence-corrected chi connectivity index (χ3v) is 6.36. The monoisotopic (exact) mass is 501 g/mol. The van der Waals surface area contributed by atoms with Crippen LogP contribution in [0, 0.1) is 18.7 Å². The summed E-state index contributed by atoms with van der Waals surface area (Å²) in [6.07, 6.45) is -0.0134. The first kappa shape index (κ1) is 25.8. The van der Waals surface area contributed by atoms with Gasteiger partial charge in [0.05, 0.1) is 32.0 Å². The highest BCUT2D eigenvalue weighted by Crippen LogP contribution is 2.35. The molecule has 0 amide bonds. The van der Waals surface area contributed by atoms with Gasteiger partial charge in [-0.3, -0.25) is 9.59 Å². The number of methoxy groups -OCH3 is 2. The van der Waals surface area contributed by atoms with Crippen molar-refractivity contribution in [3.05, 3.63) is 83.7 Å². The van der Waals surface area contributed by atoms with Gasteiger partial charge in [-0.15, -0.1) is 0 Å². The fraction of sp³-hybridized carbons (Fsp3) is 0.233. The molecule has 0 unspecified atom stereocenters. The third-order valence-electron chi connectivity index (χ3n) is 6.36. The van der Waals surface area contributed by atoms with Gasteiger partial charge in [-0.2, -0.15) is 0 Å². The Morgan fingerprint density at radius 3 is 2.22 bits per heavy atom. The van der Waals surface area contributed by atoms with Gasteiger partial charge in [0.15, 0.2) is 5.92 Å². The summed E-state index contributed by atoms with van der Waals surface area (Å²) in [7, 11) is 2.43. The van der Waals surface area contributed by atoms with Crippen molar-refractivity contribution in [2.24, 2.45) is 5.92 Å². The highest BCUT2D eigenvalue weighted by molar-refractivity contribution is 5.96. The minimum atomic E-state index is -1.19. The number of pyridine rings is 1. The lowest BCUT2D eigenvalue weighted by Gasteiger charge is -2.18. The lowest BCUT2D eigenvalue weighted by atomic mass is 9.90. The summed E-state index contributed by atoms with van der Waals surface area (Å²) in [6.45, 7) is 4.37. The molecule has 3 aromatic carbocycles. The molecule has 1 aromatic heterocycles. The molecule has 1 heterocycles. The maximum Gasteiger partial charge on any atom is 0.320 e. The van der Waals surface area contributed by atoms with Crippen LogP contribution in [0.1, 0.15) is 18.1 Å². The van der Waals surface area contributed by atoms with Crippen LogP contribution in [0.25, 0.3) is 33.3 Å². The quantitative estimate of drug-likeness (QED) is 0.220. The molecule has 0 saturated carbocycles. The van der Waals surface area contributed by atoms with E-state index >= 15 is 0 Å². The van der Waals surface area contributed by atoms with E-state index in [1.165, 1.54) is 26.4 Å². The Hall–Kier alpha value is -4.26. The van der Waals surface area contributed by atoms with E-state index in [-0.39, 0.29) is 6.42 Å². The molecule has 7 heteroatoms. The van der Waals surface area contributed by atoms with Crippen LogP contribution in [0.5, 0.6) is 5.75 Å². The zero-order valence-electron chi connectivity index (χ0n) is 21.2. The minimum Gasteiger partial charge on any atom is -0.493 e. The molecule has 0 atom stereocenters. The first-order chi connectivity index (χ1) is 17.9. The number of ether oxygens (including phenoxy) is 3. The van der Waals surface area contributed by atoms with Gasteiger partial charge >= 0.3 is 11.9 Å². The minimum absolute atomic E-state index is 0.0134. The van der Waals surface area contributed by atoms with E-state index in [1.807, 2.05) is 62.4 Å². The number of halogens is 1. The fourth-order valence-electron chi connectivity index (χ4n) is 4.49. The van der Waals surface area contributed by atoms with Gasteiger partial charge in [0, 0.05) is 16.5 Å². The number of hydrogen-bond acceptors (Lipinski definition) is 6. The van der Waals surface area contributed by atoms with Gasteiger partial charge in [0.1, 0.15) is 11.6 Å². The van der Waals surface area contributed by atoms with Crippen molar-refractivity contribution >= 4 is 22.8 Å². The SMILES string of the molecule is CCOc1ccccc1-c1ccc(-c2nc3ccc(F)cc3c(CC(C(=O)OC)C(=O)OC)c2C)cc1. The van der Waals surface area contributed by atoms with Gasteiger partial charge in [0.25, 0.3) is 0 Å². The standard InChI is InChI=1S/C30H28FNO5/c1-5-37-27-9-7-6-8-22(27)19-10-12-20(13-11-19)28-18(2)23(17-25(29(33)35-3)30(34)36-4)24-16-21(31)14-15-26(24)32-28/h6-16,25H,5,17H2,1-4H3. The number of rotatable bonds is 8. The van der Waals surface area contributed by atoms with E-state index in [0.29, 0.717) is 28.8 Å². The predicted octanol–water partition coefficient (Wildman–Crippen LogP) is 5.92. The van der Waals surface area contributed by atoms with Crippen molar-refractivity contribution in [2.45, 2.75) is 20.3 Å². The average Bonchev–Trinajstić information content (AvgIpc) is 2.92. The Morgan fingerprint density at radius 1 is 0.919 bits per heavy atom. The first-order valence-electron chi connectivity index (χ1n) is 11.9. The number of hydrogen-bond donors (Lipinski definition) is 0. The van der Waals surface area contributed by atoms with Crippen LogP contribution in [0.15, 0.2) is 66.7 Å². The van der Waals surface area contributed by atoms with Crippen molar-refractivity contribution in [1.29, 1.82) is 0 Å². The molecule has 6 nitrogen and oxygen atoms in total. The summed E-state index contributed by atoms with van der Waals surface area (Å²) < 4.78 is 29.7. The van der Waals surface area contributed by atoms with Gasteiger partial charge in [-0.05, 0) is 61.2 Å². The fourth-order valence-corrected chi connectivity index (χ4v) is 4.49. The number of esters is 2. The molecule has 0 radical (unpaired) electrons. The highest BCUT2D eigenvalue weighted by Gasteiger charge is 2.31. The number of fused-ring (bicyclic) bond motifs is 1. The van der Waals surface area contributed by atoms with E-state index in [4.69, 9.17) is 19.2 Å². The molecule has 37 heavy (non-hydrogen) atoms. The Balaban J connectivity index is 1.82. The second-order valence-corrected chi connectivity index (χ2v) is 8.53. The normalized spacial score (nSPS) is 11.0. The number of carbonyl (C=O) groups excluding carboxylic acids is 2. The number of carbonyl (C=O) groups is 2. The predicted molar refractivity (Wildman–Crippen MR) is 140 cm³/mol. The molecule has 4 rings (SSSR count). The first-order valence-corrected chi connectivity index (χ1v) is 11.9. The van der Waals surface area contributed by atoms with E-state index in [9.17, 15) is 14.0 Å². The summed E-state index contributed by atoms with van der Waals surface area (Å²) in [5.74, 6) is -2.25. The lowest BCUT2D eigenvalue weighted by Crippen LogP contribution is -2.29. The Morgan fingerprint density at radius 2 is 1.57 bits per heavy atom. The Bertz CT molecular complexity index is 1430. The van der Waals surface area contributed by atoms with E-state index in [2.05, 4.69) is 0 Å².